The molecule has 264 valence electrons. The normalized spacial score (nSPS) is 16.0. The van der Waals surface area contributed by atoms with Crippen LogP contribution in [0, 0.1) is 27.3 Å². The molecule has 0 aliphatic heterocycles. The minimum absolute atomic E-state index is 0.0710. The van der Waals surface area contributed by atoms with Gasteiger partial charge in [0.1, 0.15) is 0 Å². The van der Waals surface area contributed by atoms with Crippen LogP contribution in [0.15, 0.2) is 77.7 Å². The number of hydrogen-bond acceptors (Lipinski definition) is 5. The van der Waals surface area contributed by atoms with Crippen molar-refractivity contribution >= 4 is 21.8 Å². The molecule has 0 aliphatic carbocycles. The molecule has 7 nitrogen and oxygen atoms in total. The number of carbonyl (C=O) groups is 2. The highest BCUT2D eigenvalue weighted by Crippen LogP contribution is 2.40. The van der Waals surface area contributed by atoms with Gasteiger partial charge in [-0.05, 0) is 96.9 Å². The number of ether oxygens (including phenoxy) is 1. The second kappa shape index (κ2) is 16.6. The third kappa shape index (κ3) is 9.19. The Morgan fingerprint density at radius 1 is 0.735 bits per heavy atom. The zero-order chi connectivity index (χ0) is 36.5. The molecule has 0 saturated heterocycles. The number of carbonyl (C=O) groups excluding carboxylic acids is 1. The third-order valence-electron chi connectivity index (χ3n) is 10.2. The van der Waals surface area contributed by atoms with Gasteiger partial charge in [0.25, 0.3) is 9.84 Å². The molecule has 49 heavy (non-hydrogen) atoms. The summed E-state index contributed by atoms with van der Waals surface area (Å²) in [4.78, 5) is 28.2. The SMILES string of the molecule is [C-]#[N+]C(CCCCC(C)(C(=O)O)c1ccc(C)cc1)(CCCCC(C)(C(=O)OC(C)CC)c1ccc(C)cc1)S(=O)(=O)c1ccc(C)cc1. The second-order valence-electron chi connectivity index (χ2n) is 14.1. The van der Waals surface area contributed by atoms with Gasteiger partial charge in [-0.15, -0.1) is 0 Å². The number of esters is 1. The number of hydrogen-bond donors (Lipinski definition) is 1. The molecular weight excluding hydrogens is 635 g/mol. The molecule has 3 aromatic carbocycles. The molecule has 0 heterocycles. The lowest BCUT2D eigenvalue weighted by atomic mass is 9.77. The third-order valence-corrected chi connectivity index (χ3v) is 12.6. The highest BCUT2D eigenvalue weighted by Gasteiger charge is 2.51. The summed E-state index contributed by atoms with van der Waals surface area (Å²) in [6.07, 6.45) is 3.06. The standard InChI is InChI=1S/C41H53NO6S/c1-9-33(5)48-38(45)40(7,35-22-16-31(3)17-23-35)27-11-13-29-41(42-8,49(46,47)36-24-18-32(4)19-25-36)28-12-10-26-39(6,37(43)44)34-20-14-30(2)15-21-34/h14-25,33H,9-13,26-29H2,1-7H3,(H,43,44). The Balaban J connectivity index is 1.86. The van der Waals surface area contributed by atoms with E-state index in [1.807, 2.05) is 90.1 Å². The first-order valence-corrected chi connectivity index (χ1v) is 18.8. The van der Waals surface area contributed by atoms with Crippen LogP contribution in [0.3, 0.4) is 0 Å². The Hall–Kier alpha value is -3.96. The molecule has 0 spiro atoms. The number of rotatable bonds is 18. The minimum Gasteiger partial charge on any atom is -0.481 e. The van der Waals surface area contributed by atoms with Gasteiger partial charge in [0.15, 0.2) is 0 Å². The van der Waals surface area contributed by atoms with Gasteiger partial charge >= 0.3 is 16.8 Å². The van der Waals surface area contributed by atoms with E-state index >= 15 is 0 Å². The summed E-state index contributed by atoms with van der Waals surface area (Å²) in [5.41, 5.74) is 2.47. The molecule has 0 bridgehead atoms. The van der Waals surface area contributed by atoms with Crippen LogP contribution in [-0.4, -0.2) is 36.4 Å². The van der Waals surface area contributed by atoms with Crippen molar-refractivity contribution in [3.05, 3.63) is 112 Å². The number of carboxylic acid groups (broad SMARTS) is 1. The zero-order valence-electron chi connectivity index (χ0n) is 30.2. The summed E-state index contributed by atoms with van der Waals surface area (Å²) >= 11 is 0. The first kappa shape index (κ1) is 39.5. The maximum absolute atomic E-state index is 14.3. The number of aliphatic carboxylic acids is 1. The Morgan fingerprint density at radius 2 is 1.12 bits per heavy atom. The average molecular weight is 688 g/mol. The van der Waals surface area contributed by atoms with Gasteiger partial charge < -0.3 is 9.84 Å². The Kier molecular flexibility index (Phi) is 13.4. The van der Waals surface area contributed by atoms with Crippen LogP contribution in [0.2, 0.25) is 0 Å². The molecular formula is C41H53NO6S. The number of unbranched alkanes of at least 4 members (excludes halogenated alkanes) is 2. The molecule has 0 saturated carbocycles. The van der Waals surface area contributed by atoms with Crippen molar-refractivity contribution in [2.24, 2.45) is 0 Å². The number of nitrogens with zero attached hydrogens (tertiary/aromatic N) is 1. The molecule has 1 N–H and O–H groups in total. The number of benzene rings is 3. The Bertz CT molecular complexity index is 1710. The minimum atomic E-state index is -4.09. The smallest absolute Gasteiger partial charge is 0.333 e. The highest BCUT2D eigenvalue weighted by molar-refractivity contribution is 7.93. The van der Waals surface area contributed by atoms with Crippen LogP contribution in [0.4, 0.5) is 0 Å². The van der Waals surface area contributed by atoms with Gasteiger partial charge in [-0.2, -0.15) is 0 Å². The van der Waals surface area contributed by atoms with Crippen LogP contribution < -0.4 is 0 Å². The molecule has 0 amide bonds. The maximum Gasteiger partial charge on any atom is 0.333 e. The van der Waals surface area contributed by atoms with Crippen molar-refractivity contribution in [1.82, 2.24) is 0 Å². The van der Waals surface area contributed by atoms with Crippen molar-refractivity contribution < 1.29 is 27.9 Å². The largest absolute Gasteiger partial charge is 0.481 e. The molecule has 4 atom stereocenters. The van der Waals surface area contributed by atoms with Crippen molar-refractivity contribution in [2.75, 3.05) is 0 Å². The van der Waals surface area contributed by atoms with Gasteiger partial charge in [-0.25, -0.2) is 15.0 Å². The summed E-state index contributed by atoms with van der Waals surface area (Å²) in [7, 11) is -4.09. The monoisotopic (exact) mass is 687 g/mol. The highest BCUT2D eigenvalue weighted by atomic mass is 32.2. The Labute approximate surface area is 293 Å². The summed E-state index contributed by atoms with van der Waals surface area (Å²) in [6.45, 7) is 21.5. The molecule has 8 heteroatoms. The summed E-state index contributed by atoms with van der Waals surface area (Å²) < 4.78 is 34.4. The van der Waals surface area contributed by atoms with Gasteiger partial charge in [0, 0.05) is 12.8 Å². The van der Waals surface area contributed by atoms with E-state index in [0.29, 0.717) is 50.5 Å². The van der Waals surface area contributed by atoms with Gasteiger partial charge in [-0.1, -0.05) is 97.1 Å². The average Bonchev–Trinajstić information content (AvgIpc) is 3.07. The van der Waals surface area contributed by atoms with E-state index in [0.717, 1.165) is 22.3 Å². The quantitative estimate of drug-likeness (QED) is 0.0812. The zero-order valence-corrected chi connectivity index (χ0v) is 31.0. The molecule has 0 aliphatic rings. The molecule has 0 radical (unpaired) electrons. The fraction of sp³-hybridized carbons (Fsp3) is 0.488. The van der Waals surface area contributed by atoms with Gasteiger partial charge in [0.05, 0.1) is 21.8 Å². The number of aryl methyl sites for hydroxylation is 3. The van der Waals surface area contributed by atoms with E-state index in [2.05, 4.69) is 4.85 Å². The first-order valence-electron chi connectivity index (χ1n) is 17.3. The van der Waals surface area contributed by atoms with Crippen molar-refractivity contribution in [2.45, 2.75) is 133 Å². The maximum atomic E-state index is 14.3. The lowest BCUT2D eigenvalue weighted by molar-refractivity contribution is -0.155. The predicted molar refractivity (Wildman–Crippen MR) is 195 cm³/mol. The summed E-state index contributed by atoms with van der Waals surface area (Å²) in [5.74, 6) is -1.26. The van der Waals surface area contributed by atoms with E-state index < -0.39 is 31.5 Å². The second-order valence-corrected chi connectivity index (χ2v) is 16.4. The summed E-state index contributed by atoms with van der Waals surface area (Å²) in [6, 6.07) is 21.9. The predicted octanol–water partition coefficient (Wildman–Crippen LogP) is 9.46. The molecule has 4 unspecified atom stereocenters. The topological polar surface area (TPSA) is 102 Å². The fourth-order valence-corrected chi connectivity index (χ4v) is 8.12. The van der Waals surface area contributed by atoms with E-state index in [-0.39, 0.29) is 29.8 Å². The van der Waals surface area contributed by atoms with Gasteiger partial charge in [-0.3, -0.25) is 14.4 Å². The van der Waals surface area contributed by atoms with Crippen LogP contribution in [0.1, 0.15) is 113 Å². The Morgan fingerprint density at radius 3 is 1.53 bits per heavy atom. The lowest BCUT2D eigenvalue weighted by Gasteiger charge is -2.30. The van der Waals surface area contributed by atoms with Crippen LogP contribution in [0.5, 0.6) is 0 Å². The van der Waals surface area contributed by atoms with Crippen LogP contribution in [-0.2, 0) is 35.0 Å². The molecule has 0 fully saturated rings. The summed E-state index contributed by atoms with van der Waals surface area (Å²) in [5, 5.41) is 10.2. The van der Waals surface area contributed by atoms with Crippen LogP contribution >= 0.6 is 0 Å². The van der Waals surface area contributed by atoms with Gasteiger partial charge in [0.2, 0.25) is 0 Å². The number of carboxylic acids is 1. The molecule has 0 aromatic heterocycles. The van der Waals surface area contributed by atoms with Crippen molar-refractivity contribution in [3.63, 3.8) is 0 Å². The van der Waals surface area contributed by atoms with E-state index in [1.54, 1.807) is 31.2 Å². The molecule has 3 rings (SSSR count). The van der Waals surface area contributed by atoms with Crippen molar-refractivity contribution in [3.8, 4) is 0 Å². The molecule has 3 aromatic rings. The van der Waals surface area contributed by atoms with Crippen molar-refractivity contribution in [1.29, 1.82) is 0 Å². The van der Waals surface area contributed by atoms with E-state index in [4.69, 9.17) is 11.3 Å². The van der Waals surface area contributed by atoms with E-state index in [9.17, 15) is 23.1 Å². The van der Waals surface area contributed by atoms with Crippen LogP contribution in [0.25, 0.3) is 4.85 Å². The fourth-order valence-electron chi connectivity index (χ4n) is 6.24. The first-order chi connectivity index (χ1) is 23.0. The number of sulfone groups is 1. The lowest BCUT2D eigenvalue weighted by Crippen LogP contribution is -2.37. The van der Waals surface area contributed by atoms with E-state index in [1.165, 1.54) is 0 Å².